The number of aromatic nitrogens is 4. The smallest absolute Gasteiger partial charge is 0.176 e. The SMILES string of the molecule is CC[C@]1(C)Cc2c(sc3nc(SC)n4c(C)nnc4c23)CO1. The minimum atomic E-state index is -0.0920. The van der Waals surface area contributed by atoms with Crippen LogP contribution in [0.4, 0.5) is 0 Å². The largest absolute Gasteiger partial charge is 0.369 e. The molecule has 3 aromatic rings. The zero-order chi connectivity index (χ0) is 15.5. The molecule has 5 nitrogen and oxygen atoms in total. The van der Waals surface area contributed by atoms with Gasteiger partial charge in [0, 0.05) is 11.3 Å². The molecular formula is C15H18N4OS2. The lowest BCUT2D eigenvalue weighted by molar-refractivity contribution is -0.0542. The van der Waals surface area contributed by atoms with E-state index in [4.69, 9.17) is 9.72 Å². The summed E-state index contributed by atoms with van der Waals surface area (Å²) in [6, 6.07) is 0. The Morgan fingerprint density at radius 3 is 2.95 bits per heavy atom. The summed E-state index contributed by atoms with van der Waals surface area (Å²) in [6.45, 7) is 7.02. The lowest BCUT2D eigenvalue weighted by Crippen LogP contribution is -2.33. The molecule has 0 aliphatic carbocycles. The predicted octanol–water partition coefficient (Wildman–Crippen LogP) is 3.61. The lowest BCUT2D eigenvalue weighted by atomic mass is 9.90. The van der Waals surface area contributed by atoms with Crippen LogP contribution in [0, 0.1) is 6.92 Å². The molecule has 0 spiro atoms. The first-order chi connectivity index (χ1) is 10.6. The molecule has 1 atom stereocenters. The van der Waals surface area contributed by atoms with Gasteiger partial charge < -0.3 is 4.74 Å². The molecule has 22 heavy (non-hydrogen) atoms. The standard InChI is InChI=1S/C15H18N4OS2/c1-5-15(3)6-9-10(7-20-15)22-13-11(9)12-18-17-8(2)19(12)14(16-13)21-4/h5-7H2,1-4H3/t15-/m1/s1. The van der Waals surface area contributed by atoms with Gasteiger partial charge >= 0.3 is 0 Å². The summed E-state index contributed by atoms with van der Waals surface area (Å²) >= 11 is 3.36. The van der Waals surface area contributed by atoms with Crippen molar-refractivity contribution in [2.75, 3.05) is 6.26 Å². The highest BCUT2D eigenvalue weighted by Crippen LogP contribution is 2.41. The lowest BCUT2D eigenvalue weighted by Gasteiger charge is -2.32. The van der Waals surface area contributed by atoms with Crippen LogP contribution in [-0.4, -0.2) is 31.4 Å². The average Bonchev–Trinajstić information content (AvgIpc) is 3.07. The molecule has 0 aromatic carbocycles. The quantitative estimate of drug-likeness (QED) is 0.529. The van der Waals surface area contributed by atoms with Crippen molar-refractivity contribution in [3.8, 4) is 0 Å². The zero-order valence-electron chi connectivity index (χ0n) is 13.1. The number of rotatable bonds is 2. The van der Waals surface area contributed by atoms with Gasteiger partial charge in [-0.3, -0.25) is 4.40 Å². The van der Waals surface area contributed by atoms with Crippen LogP contribution in [0.25, 0.3) is 15.9 Å². The van der Waals surface area contributed by atoms with Gasteiger partial charge in [0.15, 0.2) is 10.8 Å². The van der Waals surface area contributed by atoms with Gasteiger partial charge in [0.05, 0.1) is 17.6 Å². The average molecular weight is 334 g/mol. The van der Waals surface area contributed by atoms with Crippen molar-refractivity contribution in [1.29, 1.82) is 0 Å². The molecule has 0 fully saturated rings. The Kier molecular flexibility index (Phi) is 3.22. The van der Waals surface area contributed by atoms with E-state index in [1.807, 2.05) is 13.2 Å². The fraction of sp³-hybridized carbons (Fsp3) is 0.533. The Balaban J connectivity index is 2.06. The van der Waals surface area contributed by atoms with Gasteiger partial charge in [-0.2, -0.15) is 0 Å². The third-order valence-electron chi connectivity index (χ3n) is 4.54. The number of fused-ring (bicyclic) bond motifs is 5. The molecule has 1 aliphatic heterocycles. The number of hydrogen-bond donors (Lipinski definition) is 0. The van der Waals surface area contributed by atoms with Crippen LogP contribution < -0.4 is 0 Å². The highest BCUT2D eigenvalue weighted by atomic mass is 32.2. The van der Waals surface area contributed by atoms with Crippen molar-refractivity contribution in [2.45, 2.75) is 51.0 Å². The maximum absolute atomic E-state index is 6.08. The minimum absolute atomic E-state index is 0.0920. The molecule has 0 amide bonds. The Morgan fingerprint density at radius 2 is 2.23 bits per heavy atom. The van der Waals surface area contributed by atoms with E-state index in [1.54, 1.807) is 23.1 Å². The van der Waals surface area contributed by atoms with Crippen molar-refractivity contribution in [3.63, 3.8) is 0 Å². The first kappa shape index (κ1) is 14.4. The number of nitrogens with zero attached hydrogens (tertiary/aromatic N) is 4. The molecule has 4 heterocycles. The van der Waals surface area contributed by atoms with E-state index < -0.39 is 0 Å². The second-order valence-corrected chi connectivity index (χ2v) is 7.81. The zero-order valence-corrected chi connectivity index (χ0v) is 14.8. The van der Waals surface area contributed by atoms with E-state index in [2.05, 4.69) is 28.4 Å². The summed E-state index contributed by atoms with van der Waals surface area (Å²) < 4.78 is 8.15. The first-order valence-electron chi connectivity index (χ1n) is 7.40. The Bertz CT molecular complexity index is 885. The molecule has 116 valence electrons. The number of thiophene rings is 1. The Labute approximate surface area is 137 Å². The van der Waals surface area contributed by atoms with Gasteiger partial charge in [0.25, 0.3) is 0 Å². The fourth-order valence-electron chi connectivity index (χ4n) is 3.03. The molecule has 0 radical (unpaired) electrons. The minimum Gasteiger partial charge on any atom is -0.369 e. The maximum atomic E-state index is 6.08. The highest BCUT2D eigenvalue weighted by molar-refractivity contribution is 7.98. The molecular weight excluding hydrogens is 316 g/mol. The van der Waals surface area contributed by atoms with Gasteiger partial charge in [-0.1, -0.05) is 18.7 Å². The summed E-state index contributed by atoms with van der Waals surface area (Å²) in [6.07, 6.45) is 3.96. The van der Waals surface area contributed by atoms with Crippen LogP contribution in [0.3, 0.4) is 0 Å². The van der Waals surface area contributed by atoms with E-state index in [0.29, 0.717) is 6.61 Å². The van der Waals surface area contributed by atoms with Crippen LogP contribution in [0.1, 0.15) is 36.5 Å². The van der Waals surface area contributed by atoms with Crippen molar-refractivity contribution in [1.82, 2.24) is 19.6 Å². The van der Waals surface area contributed by atoms with Crippen LogP contribution in [0.5, 0.6) is 0 Å². The topological polar surface area (TPSA) is 52.3 Å². The number of ether oxygens (including phenoxy) is 1. The van der Waals surface area contributed by atoms with Crippen LogP contribution in [-0.2, 0) is 17.8 Å². The monoisotopic (exact) mass is 334 g/mol. The molecule has 0 saturated heterocycles. The van der Waals surface area contributed by atoms with E-state index in [0.717, 1.165) is 34.3 Å². The Morgan fingerprint density at radius 1 is 1.41 bits per heavy atom. The maximum Gasteiger partial charge on any atom is 0.176 e. The van der Waals surface area contributed by atoms with Crippen LogP contribution in [0.15, 0.2) is 5.16 Å². The van der Waals surface area contributed by atoms with Gasteiger partial charge in [-0.05, 0) is 32.1 Å². The fourth-order valence-corrected chi connectivity index (χ4v) is 4.77. The van der Waals surface area contributed by atoms with Crippen LogP contribution in [0.2, 0.25) is 0 Å². The van der Waals surface area contributed by atoms with E-state index >= 15 is 0 Å². The van der Waals surface area contributed by atoms with Crippen molar-refractivity contribution in [2.24, 2.45) is 0 Å². The van der Waals surface area contributed by atoms with Crippen LogP contribution >= 0.6 is 23.1 Å². The van der Waals surface area contributed by atoms with Crippen molar-refractivity contribution in [3.05, 3.63) is 16.3 Å². The molecule has 0 saturated carbocycles. The van der Waals surface area contributed by atoms with Gasteiger partial charge in [-0.15, -0.1) is 21.5 Å². The van der Waals surface area contributed by atoms with E-state index in [9.17, 15) is 0 Å². The first-order valence-corrected chi connectivity index (χ1v) is 9.44. The summed E-state index contributed by atoms with van der Waals surface area (Å²) in [5, 5.41) is 10.8. The highest BCUT2D eigenvalue weighted by Gasteiger charge is 2.33. The van der Waals surface area contributed by atoms with Crippen molar-refractivity contribution >= 4 is 39.0 Å². The summed E-state index contributed by atoms with van der Waals surface area (Å²) in [7, 11) is 0. The van der Waals surface area contributed by atoms with E-state index in [1.165, 1.54) is 15.8 Å². The van der Waals surface area contributed by atoms with Gasteiger partial charge in [-0.25, -0.2) is 4.98 Å². The molecule has 7 heteroatoms. The normalized spacial score (nSPS) is 21.6. The molecule has 0 unspecified atom stereocenters. The summed E-state index contributed by atoms with van der Waals surface area (Å²) in [5.41, 5.74) is 2.20. The predicted molar refractivity (Wildman–Crippen MR) is 89.9 cm³/mol. The molecule has 0 bridgehead atoms. The second kappa shape index (κ2) is 4.91. The van der Waals surface area contributed by atoms with Gasteiger partial charge in [0.1, 0.15) is 10.7 Å². The van der Waals surface area contributed by atoms with Gasteiger partial charge in [0.2, 0.25) is 0 Å². The van der Waals surface area contributed by atoms with Crippen molar-refractivity contribution < 1.29 is 4.74 Å². The summed E-state index contributed by atoms with van der Waals surface area (Å²) in [4.78, 5) is 7.18. The molecule has 3 aromatic heterocycles. The third-order valence-corrected chi connectivity index (χ3v) is 6.28. The number of hydrogen-bond acceptors (Lipinski definition) is 6. The molecule has 1 aliphatic rings. The summed E-state index contributed by atoms with van der Waals surface area (Å²) in [5.74, 6) is 0.888. The molecule has 4 rings (SSSR count). The second-order valence-electron chi connectivity index (χ2n) is 5.96. The van der Waals surface area contributed by atoms with E-state index in [-0.39, 0.29) is 5.60 Å². The number of aryl methyl sites for hydroxylation is 1. The molecule has 0 N–H and O–H groups in total. The number of thioether (sulfide) groups is 1. The Hall–Kier alpha value is -1.18. The third kappa shape index (κ3) is 1.92.